The molecule has 0 amide bonds. The Morgan fingerprint density at radius 1 is 1.18 bits per heavy atom. The Morgan fingerprint density at radius 2 is 1.94 bits per heavy atom. The van der Waals surface area contributed by atoms with E-state index in [0.29, 0.717) is 16.6 Å². The van der Waals surface area contributed by atoms with Crippen LogP contribution in [0.3, 0.4) is 0 Å². The van der Waals surface area contributed by atoms with E-state index in [9.17, 15) is 0 Å². The fourth-order valence-electron chi connectivity index (χ4n) is 1.31. The van der Waals surface area contributed by atoms with E-state index in [1.54, 1.807) is 18.3 Å². The standard InChI is InChI=1S/C12H11ClN4/c13-9-6-7-11(15-8-9)12(17-14)16-10-4-2-1-3-5-10/h1-8H,14H2,(H,16,17). The molecule has 0 aliphatic heterocycles. The molecule has 0 aliphatic rings. The molecule has 2 aromatic rings. The summed E-state index contributed by atoms with van der Waals surface area (Å²) in [5.74, 6) is 5.93. The van der Waals surface area contributed by atoms with Crippen molar-refractivity contribution >= 4 is 23.1 Å². The molecule has 1 heterocycles. The highest BCUT2D eigenvalue weighted by Gasteiger charge is 2.03. The van der Waals surface area contributed by atoms with Gasteiger partial charge in [-0.05, 0) is 24.3 Å². The summed E-state index contributed by atoms with van der Waals surface area (Å²) >= 11 is 5.77. The molecule has 86 valence electrons. The normalized spacial score (nSPS) is 11.3. The van der Waals surface area contributed by atoms with Gasteiger partial charge in [-0.15, -0.1) is 0 Å². The van der Waals surface area contributed by atoms with Gasteiger partial charge in [0.25, 0.3) is 0 Å². The van der Waals surface area contributed by atoms with E-state index in [2.05, 4.69) is 15.4 Å². The van der Waals surface area contributed by atoms with Gasteiger partial charge < -0.3 is 5.43 Å². The number of nitrogens with zero attached hydrogens (tertiary/aromatic N) is 2. The van der Waals surface area contributed by atoms with Crippen LogP contribution in [0.15, 0.2) is 53.7 Å². The minimum atomic E-state index is 0.493. The largest absolute Gasteiger partial charge is 0.307 e. The predicted octanol–water partition coefficient (Wildman–Crippen LogP) is 2.28. The topological polar surface area (TPSA) is 63.3 Å². The number of nitrogens with one attached hydrogen (secondary N) is 1. The Morgan fingerprint density at radius 3 is 2.53 bits per heavy atom. The minimum absolute atomic E-state index is 0.493. The number of pyridine rings is 1. The van der Waals surface area contributed by atoms with Crippen molar-refractivity contribution in [2.24, 2.45) is 10.8 Å². The maximum atomic E-state index is 5.77. The molecular weight excluding hydrogens is 236 g/mol. The molecule has 2 rings (SSSR count). The number of amidine groups is 1. The van der Waals surface area contributed by atoms with Crippen LogP contribution in [0.5, 0.6) is 0 Å². The van der Waals surface area contributed by atoms with Gasteiger partial charge in [0.05, 0.1) is 10.7 Å². The van der Waals surface area contributed by atoms with Crippen molar-refractivity contribution in [1.82, 2.24) is 10.4 Å². The van der Waals surface area contributed by atoms with Gasteiger partial charge in [0.2, 0.25) is 0 Å². The first-order valence-electron chi connectivity index (χ1n) is 5.02. The van der Waals surface area contributed by atoms with E-state index in [1.807, 2.05) is 30.3 Å². The van der Waals surface area contributed by atoms with Crippen LogP contribution in [0.1, 0.15) is 5.69 Å². The molecule has 0 atom stereocenters. The molecule has 0 saturated carbocycles. The van der Waals surface area contributed by atoms with Crippen LogP contribution in [0.2, 0.25) is 5.02 Å². The van der Waals surface area contributed by atoms with Crippen molar-refractivity contribution in [3.63, 3.8) is 0 Å². The molecule has 0 bridgehead atoms. The summed E-state index contributed by atoms with van der Waals surface area (Å²) in [5, 5.41) is 0.574. The van der Waals surface area contributed by atoms with Gasteiger partial charge in [-0.2, -0.15) is 0 Å². The summed E-state index contributed by atoms with van der Waals surface area (Å²) in [4.78, 5) is 8.49. The predicted molar refractivity (Wildman–Crippen MR) is 69.2 cm³/mol. The number of benzene rings is 1. The van der Waals surface area contributed by atoms with Gasteiger partial charge in [-0.3, -0.25) is 4.98 Å². The lowest BCUT2D eigenvalue weighted by molar-refractivity contribution is 1.01. The van der Waals surface area contributed by atoms with Crippen LogP contribution in [0, 0.1) is 0 Å². The van der Waals surface area contributed by atoms with Gasteiger partial charge in [0, 0.05) is 6.20 Å². The second kappa shape index (κ2) is 5.43. The van der Waals surface area contributed by atoms with E-state index in [1.165, 1.54) is 0 Å². The summed E-state index contributed by atoms with van der Waals surface area (Å²) < 4.78 is 0. The third kappa shape index (κ3) is 3.03. The SMILES string of the molecule is NNC(=Nc1ccccc1)c1ccc(Cl)cn1. The highest BCUT2D eigenvalue weighted by molar-refractivity contribution is 6.30. The molecule has 3 N–H and O–H groups in total. The number of hydrazine groups is 1. The summed E-state index contributed by atoms with van der Waals surface area (Å²) in [6.07, 6.45) is 1.55. The smallest absolute Gasteiger partial charge is 0.166 e. The summed E-state index contributed by atoms with van der Waals surface area (Å²) in [6, 6.07) is 13.0. The maximum Gasteiger partial charge on any atom is 0.166 e. The van der Waals surface area contributed by atoms with E-state index in [0.717, 1.165) is 5.69 Å². The Bertz CT molecular complexity index is 508. The fraction of sp³-hybridized carbons (Fsp3) is 0. The minimum Gasteiger partial charge on any atom is -0.307 e. The zero-order valence-electron chi connectivity index (χ0n) is 8.97. The van der Waals surface area contributed by atoms with Crippen molar-refractivity contribution in [2.45, 2.75) is 0 Å². The molecule has 0 unspecified atom stereocenters. The maximum absolute atomic E-state index is 5.77. The first-order chi connectivity index (χ1) is 8.29. The Hall–Kier alpha value is -1.91. The number of rotatable bonds is 2. The molecule has 1 aromatic carbocycles. The number of para-hydroxylation sites is 1. The zero-order valence-corrected chi connectivity index (χ0v) is 9.72. The van der Waals surface area contributed by atoms with Crippen molar-refractivity contribution in [3.8, 4) is 0 Å². The molecule has 0 saturated heterocycles. The molecule has 0 fully saturated rings. The van der Waals surface area contributed by atoms with Crippen LogP contribution >= 0.6 is 11.6 Å². The van der Waals surface area contributed by atoms with E-state index in [4.69, 9.17) is 17.4 Å². The lowest BCUT2D eigenvalue weighted by Crippen LogP contribution is -2.31. The van der Waals surface area contributed by atoms with Crippen LogP contribution in [0.25, 0.3) is 0 Å². The summed E-state index contributed by atoms with van der Waals surface area (Å²) in [6.45, 7) is 0. The number of hydrogen-bond acceptors (Lipinski definition) is 3. The first-order valence-corrected chi connectivity index (χ1v) is 5.39. The lowest BCUT2D eigenvalue weighted by Gasteiger charge is -2.04. The molecule has 17 heavy (non-hydrogen) atoms. The van der Waals surface area contributed by atoms with Gasteiger partial charge in [-0.25, -0.2) is 10.8 Å². The average Bonchev–Trinajstić information content (AvgIpc) is 2.38. The van der Waals surface area contributed by atoms with Crippen molar-refractivity contribution in [2.75, 3.05) is 0 Å². The van der Waals surface area contributed by atoms with Crippen LogP contribution in [-0.4, -0.2) is 10.8 Å². The third-order valence-electron chi connectivity index (χ3n) is 2.10. The molecule has 4 nitrogen and oxygen atoms in total. The summed E-state index contributed by atoms with van der Waals surface area (Å²) in [5.41, 5.74) is 3.97. The van der Waals surface area contributed by atoms with Crippen LogP contribution < -0.4 is 11.3 Å². The number of hydrogen-bond donors (Lipinski definition) is 2. The van der Waals surface area contributed by atoms with Crippen LogP contribution in [0.4, 0.5) is 5.69 Å². The van der Waals surface area contributed by atoms with E-state index < -0.39 is 0 Å². The van der Waals surface area contributed by atoms with Gasteiger partial charge in [0.1, 0.15) is 5.69 Å². The number of nitrogens with two attached hydrogens (primary N) is 1. The molecular formula is C12H11ClN4. The molecule has 0 aliphatic carbocycles. The first kappa shape index (κ1) is 11.6. The average molecular weight is 247 g/mol. The zero-order chi connectivity index (χ0) is 12.1. The van der Waals surface area contributed by atoms with Crippen molar-refractivity contribution < 1.29 is 0 Å². The summed E-state index contributed by atoms with van der Waals surface area (Å²) in [7, 11) is 0. The third-order valence-corrected chi connectivity index (χ3v) is 2.33. The molecule has 0 spiro atoms. The molecule has 0 radical (unpaired) electrons. The second-order valence-electron chi connectivity index (χ2n) is 3.30. The number of halogens is 1. The van der Waals surface area contributed by atoms with Crippen LogP contribution in [-0.2, 0) is 0 Å². The number of aromatic nitrogens is 1. The Kier molecular flexibility index (Phi) is 3.69. The Balaban J connectivity index is 2.34. The lowest BCUT2D eigenvalue weighted by atomic mass is 10.3. The molecule has 1 aromatic heterocycles. The monoisotopic (exact) mass is 246 g/mol. The van der Waals surface area contributed by atoms with Gasteiger partial charge in [-0.1, -0.05) is 29.8 Å². The Labute approximate surface area is 104 Å². The fourth-order valence-corrected chi connectivity index (χ4v) is 1.42. The second-order valence-corrected chi connectivity index (χ2v) is 3.74. The van der Waals surface area contributed by atoms with E-state index in [-0.39, 0.29) is 0 Å². The van der Waals surface area contributed by atoms with Crippen molar-refractivity contribution in [3.05, 3.63) is 59.4 Å². The highest BCUT2D eigenvalue weighted by atomic mass is 35.5. The highest BCUT2D eigenvalue weighted by Crippen LogP contribution is 2.12. The van der Waals surface area contributed by atoms with Gasteiger partial charge >= 0.3 is 0 Å². The van der Waals surface area contributed by atoms with Crippen molar-refractivity contribution in [1.29, 1.82) is 0 Å². The number of aliphatic imine (C=N–C) groups is 1. The molecule has 5 heteroatoms. The quantitative estimate of drug-likeness (QED) is 0.370. The van der Waals surface area contributed by atoms with Gasteiger partial charge in [0.15, 0.2) is 5.84 Å². The van der Waals surface area contributed by atoms with E-state index >= 15 is 0 Å².